The van der Waals surface area contributed by atoms with Gasteiger partial charge in [0.2, 0.25) is 12.7 Å². The van der Waals surface area contributed by atoms with Crippen LogP contribution in [0.15, 0.2) is 18.2 Å². The highest BCUT2D eigenvalue weighted by atomic mass is 35.5. The van der Waals surface area contributed by atoms with Gasteiger partial charge < -0.3 is 19.3 Å². The summed E-state index contributed by atoms with van der Waals surface area (Å²) in [6.45, 7) is 4.35. The van der Waals surface area contributed by atoms with Gasteiger partial charge in [-0.15, -0.1) is 12.4 Å². The van der Waals surface area contributed by atoms with E-state index in [1.807, 2.05) is 18.2 Å². The monoisotopic (exact) mass is 396 g/mol. The zero-order valence-electron chi connectivity index (χ0n) is 16.8. The normalized spacial score (nSPS) is 21.0. The van der Waals surface area contributed by atoms with E-state index in [-0.39, 0.29) is 25.1 Å². The van der Waals surface area contributed by atoms with Gasteiger partial charge in [-0.05, 0) is 69.8 Å². The van der Waals surface area contributed by atoms with Crippen molar-refractivity contribution in [2.45, 2.75) is 51.5 Å². The van der Waals surface area contributed by atoms with Gasteiger partial charge in [0.15, 0.2) is 11.5 Å². The number of rotatable bonds is 7. The van der Waals surface area contributed by atoms with Gasteiger partial charge in [-0.2, -0.15) is 0 Å². The molecule has 1 aliphatic heterocycles. The number of halogens is 1. The standard InChI is InChI=1S/C21H32N2O3.ClH/c1-16-4-8-18(9-5-16)23(13-12-22(2)3)21(24)11-7-17-6-10-19-20(14-17)26-15-25-19;/h6,10,14,16,18H,4-5,7-9,11-13,15H2,1-3H3;1H/t16-,18-;. The van der Waals surface area contributed by atoms with E-state index in [0.717, 1.165) is 55.3 Å². The molecule has 0 spiro atoms. The van der Waals surface area contributed by atoms with Gasteiger partial charge in [-0.1, -0.05) is 13.0 Å². The second kappa shape index (κ2) is 10.2. The fourth-order valence-electron chi connectivity index (χ4n) is 3.86. The molecule has 3 rings (SSSR count). The van der Waals surface area contributed by atoms with Crippen LogP contribution in [0, 0.1) is 5.92 Å². The molecule has 152 valence electrons. The average Bonchev–Trinajstić information content (AvgIpc) is 3.09. The third-order valence-electron chi connectivity index (χ3n) is 5.60. The van der Waals surface area contributed by atoms with Gasteiger partial charge in [-0.25, -0.2) is 0 Å². The number of carbonyl (C=O) groups is 1. The third-order valence-corrected chi connectivity index (χ3v) is 5.60. The van der Waals surface area contributed by atoms with E-state index in [9.17, 15) is 4.79 Å². The van der Waals surface area contributed by atoms with Crippen molar-refractivity contribution in [1.82, 2.24) is 9.80 Å². The third kappa shape index (κ3) is 6.01. The van der Waals surface area contributed by atoms with Crippen molar-refractivity contribution in [2.24, 2.45) is 5.92 Å². The summed E-state index contributed by atoms with van der Waals surface area (Å²) in [5, 5.41) is 0. The molecule has 1 heterocycles. The van der Waals surface area contributed by atoms with Crippen molar-refractivity contribution in [3.63, 3.8) is 0 Å². The average molecular weight is 397 g/mol. The molecule has 1 aromatic rings. The van der Waals surface area contributed by atoms with Crippen LogP contribution in [0.25, 0.3) is 0 Å². The van der Waals surface area contributed by atoms with Crippen LogP contribution in [-0.4, -0.2) is 55.7 Å². The first-order chi connectivity index (χ1) is 12.5. The second-order valence-electron chi connectivity index (χ2n) is 7.99. The van der Waals surface area contributed by atoms with E-state index in [1.54, 1.807) is 0 Å². The number of aryl methyl sites for hydroxylation is 1. The summed E-state index contributed by atoms with van der Waals surface area (Å²) in [5.74, 6) is 2.67. The van der Waals surface area contributed by atoms with Gasteiger partial charge in [0, 0.05) is 25.6 Å². The summed E-state index contributed by atoms with van der Waals surface area (Å²) in [4.78, 5) is 17.3. The molecule has 1 saturated carbocycles. The lowest BCUT2D eigenvalue weighted by Gasteiger charge is -2.37. The van der Waals surface area contributed by atoms with E-state index in [4.69, 9.17) is 9.47 Å². The molecule has 5 nitrogen and oxygen atoms in total. The van der Waals surface area contributed by atoms with E-state index in [0.29, 0.717) is 12.5 Å². The molecule has 0 aromatic heterocycles. The first-order valence-corrected chi connectivity index (χ1v) is 9.85. The van der Waals surface area contributed by atoms with Crippen molar-refractivity contribution >= 4 is 18.3 Å². The molecule has 1 aliphatic carbocycles. The van der Waals surface area contributed by atoms with Gasteiger partial charge in [-0.3, -0.25) is 4.79 Å². The maximum atomic E-state index is 13.0. The molecule has 0 bridgehead atoms. The summed E-state index contributed by atoms with van der Waals surface area (Å²) < 4.78 is 10.8. The van der Waals surface area contributed by atoms with E-state index in [2.05, 4.69) is 30.8 Å². The van der Waals surface area contributed by atoms with Crippen LogP contribution < -0.4 is 9.47 Å². The fraction of sp³-hybridized carbons (Fsp3) is 0.667. The molecule has 1 aromatic carbocycles. The largest absolute Gasteiger partial charge is 0.454 e. The van der Waals surface area contributed by atoms with Crippen molar-refractivity contribution in [1.29, 1.82) is 0 Å². The summed E-state index contributed by atoms with van der Waals surface area (Å²) in [7, 11) is 4.14. The molecule has 1 fully saturated rings. The molecule has 27 heavy (non-hydrogen) atoms. The Morgan fingerprint density at radius 2 is 1.78 bits per heavy atom. The number of hydrogen-bond donors (Lipinski definition) is 0. The molecule has 2 aliphatic rings. The van der Waals surface area contributed by atoms with Crippen molar-refractivity contribution in [2.75, 3.05) is 34.0 Å². The number of carbonyl (C=O) groups excluding carboxylic acids is 1. The SMILES string of the molecule is CN(C)CCN(C(=O)CCc1ccc2c(c1)OCO2)[C@H]1CC[C@H](C)CC1.Cl. The van der Waals surface area contributed by atoms with Crippen LogP contribution in [0.3, 0.4) is 0 Å². The minimum atomic E-state index is 0. The maximum absolute atomic E-state index is 13.0. The topological polar surface area (TPSA) is 42.0 Å². The number of benzene rings is 1. The maximum Gasteiger partial charge on any atom is 0.231 e. The number of amides is 1. The zero-order chi connectivity index (χ0) is 18.5. The highest BCUT2D eigenvalue weighted by Crippen LogP contribution is 2.33. The van der Waals surface area contributed by atoms with E-state index < -0.39 is 0 Å². The Kier molecular flexibility index (Phi) is 8.24. The zero-order valence-corrected chi connectivity index (χ0v) is 17.6. The molecule has 0 radical (unpaired) electrons. The lowest BCUT2D eigenvalue weighted by atomic mass is 9.86. The Morgan fingerprint density at radius 1 is 1.07 bits per heavy atom. The van der Waals surface area contributed by atoms with Gasteiger partial charge in [0.25, 0.3) is 0 Å². The van der Waals surface area contributed by atoms with Crippen molar-refractivity contribution < 1.29 is 14.3 Å². The smallest absolute Gasteiger partial charge is 0.231 e. The summed E-state index contributed by atoms with van der Waals surface area (Å²) in [5.41, 5.74) is 1.13. The summed E-state index contributed by atoms with van der Waals surface area (Å²) in [6.07, 6.45) is 6.06. The molecular formula is C21H33ClN2O3. The van der Waals surface area contributed by atoms with Crippen LogP contribution in [0.1, 0.15) is 44.6 Å². The number of fused-ring (bicyclic) bond motifs is 1. The van der Waals surface area contributed by atoms with Crippen molar-refractivity contribution in [3.05, 3.63) is 23.8 Å². The molecule has 6 heteroatoms. The minimum Gasteiger partial charge on any atom is -0.454 e. The van der Waals surface area contributed by atoms with Crippen LogP contribution in [0.5, 0.6) is 11.5 Å². The Balaban J connectivity index is 0.00000261. The first kappa shape index (κ1) is 21.8. The Bertz CT molecular complexity index is 615. The summed E-state index contributed by atoms with van der Waals surface area (Å²) in [6, 6.07) is 6.39. The lowest BCUT2D eigenvalue weighted by Crippen LogP contribution is -2.45. The lowest BCUT2D eigenvalue weighted by molar-refractivity contribution is -0.134. The molecule has 0 unspecified atom stereocenters. The molecule has 0 atom stereocenters. The van der Waals surface area contributed by atoms with Crippen LogP contribution >= 0.6 is 12.4 Å². The fourth-order valence-corrected chi connectivity index (χ4v) is 3.86. The van der Waals surface area contributed by atoms with E-state index in [1.165, 1.54) is 12.8 Å². The number of likely N-dealkylation sites (N-methyl/N-ethyl adjacent to an activating group) is 1. The molecule has 0 saturated heterocycles. The molecular weight excluding hydrogens is 364 g/mol. The Hall–Kier alpha value is -1.46. The van der Waals surface area contributed by atoms with Crippen LogP contribution in [0.2, 0.25) is 0 Å². The predicted octanol–water partition coefficient (Wildman–Crippen LogP) is 3.74. The van der Waals surface area contributed by atoms with Gasteiger partial charge >= 0.3 is 0 Å². The molecule has 1 amide bonds. The van der Waals surface area contributed by atoms with Crippen molar-refractivity contribution in [3.8, 4) is 11.5 Å². The number of ether oxygens (including phenoxy) is 2. The number of nitrogens with zero attached hydrogens (tertiary/aromatic N) is 2. The highest BCUT2D eigenvalue weighted by molar-refractivity contribution is 5.85. The van der Waals surface area contributed by atoms with E-state index >= 15 is 0 Å². The van der Waals surface area contributed by atoms with Crippen LogP contribution in [-0.2, 0) is 11.2 Å². The van der Waals surface area contributed by atoms with Gasteiger partial charge in [0.1, 0.15) is 0 Å². The quantitative estimate of drug-likeness (QED) is 0.704. The first-order valence-electron chi connectivity index (χ1n) is 9.85. The summed E-state index contributed by atoms with van der Waals surface area (Å²) >= 11 is 0. The van der Waals surface area contributed by atoms with Crippen LogP contribution in [0.4, 0.5) is 0 Å². The minimum absolute atomic E-state index is 0. The highest BCUT2D eigenvalue weighted by Gasteiger charge is 2.27. The Labute approximate surface area is 169 Å². The number of hydrogen-bond acceptors (Lipinski definition) is 4. The van der Waals surface area contributed by atoms with Gasteiger partial charge in [0.05, 0.1) is 0 Å². The second-order valence-corrected chi connectivity index (χ2v) is 7.99. The molecule has 0 N–H and O–H groups in total. The Morgan fingerprint density at radius 3 is 2.48 bits per heavy atom. The predicted molar refractivity (Wildman–Crippen MR) is 110 cm³/mol.